The molecule has 3 unspecified atom stereocenters. The Morgan fingerprint density at radius 3 is 1.23 bits per heavy atom. The predicted octanol–water partition coefficient (Wildman–Crippen LogP) is 9.92. The van der Waals surface area contributed by atoms with Crippen molar-refractivity contribution in [2.75, 3.05) is 110 Å². The monoisotopic (exact) mass is 1850 g/mol. The number of nitrogens with one attached hydrogen (secondary N) is 6. The van der Waals surface area contributed by atoms with Crippen molar-refractivity contribution in [1.82, 2.24) is 69.9 Å². The number of rotatable bonds is 25. The highest BCUT2D eigenvalue weighted by atomic mass is 35.5. The molecule has 698 valence electrons. The van der Waals surface area contributed by atoms with E-state index in [9.17, 15) is 47.9 Å². The number of amides is 8. The first-order valence-electron chi connectivity index (χ1n) is 45.9. The highest BCUT2D eigenvalue weighted by Gasteiger charge is 2.50. The van der Waals surface area contributed by atoms with E-state index in [1.807, 2.05) is 27.7 Å². The number of hydrogen-bond donors (Lipinski definition) is 6. The highest BCUT2D eigenvalue weighted by Crippen LogP contribution is 2.46. The average molecular weight is 1850 g/mol. The maximum atomic E-state index is 16.6. The lowest BCUT2D eigenvalue weighted by Crippen LogP contribution is -2.59. The van der Waals surface area contributed by atoms with Crippen molar-refractivity contribution in [3.63, 3.8) is 0 Å². The lowest BCUT2D eigenvalue weighted by atomic mass is 9.86. The van der Waals surface area contributed by atoms with Crippen LogP contribution in [-0.2, 0) is 38.2 Å². The minimum absolute atomic E-state index is 0.0205. The fourth-order valence-corrected chi connectivity index (χ4v) is 21.4. The zero-order valence-corrected chi connectivity index (χ0v) is 76.9. The van der Waals surface area contributed by atoms with E-state index in [-0.39, 0.29) is 118 Å². The Morgan fingerprint density at radius 2 is 0.879 bits per heavy atom. The standard InChI is InChI=1S/C94H110Cl2F2N20O14/c1-47(2)115-67-15-11-55(103-83-65(95)43-101-93(107-83)109-27-23-59(24-28-109)129-61-39-57(40-61)111-31-33-113(49(5)45-111)69-17-13-63-77(79(69)97)51(7)117(89(63)125)71-19-21-75(119)105-85(71)121)35-53(67)37-73(91(115)127)131-81(87(123)99-9)82(88(124)100-10)132-74-38-54-36-56(12-16-68(54)116(48(3)4)92(74)128)104-84-66(96)44-102-94(108-84)110-29-25-60(26-30-110)130-62-41-58(42-62)112-32-34-114(50(6)46-112)70-18-14-64-78(80(70)98)52(8)118(90(64)126)72-20-22-76(120)106-86(72)122/h11-18,35-38,43-44,47-52,57-62,71-72,81-82H,19-34,39-42,45-46H2,1-10H3,(H,99,123)(H,100,124)(H,101,103,107)(H,102,104,108)(H,105,119,121)(H,106,120,122)/t49-,50-,51+,52?,57-,58-,61-,62-,71-,72+,81?,82?/m1/s1. The molecule has 10 aliphatic rings. The first-order valence-corrected chi connectivity index (χ1v) is 46.7. The first-order chi connectivity index (χ1) is 63.4. The van der Waals surface area contributed by atoms with Crippen molar-refractivity contribution in [3.05, 3.63) is 150 Å². The van der Waals surface area contributed by atoms with Gasteiger partial charge in [-0.05, 0) is 192 Å². The molecule has 12 heterocycles. The van der Waals surface area contributed by atoms with Crippen molar-refractivity contribution in [3.8, 4) is 11.5 Å². The van der Waals surface area contributed by atoms with E-state index in [0.29, 0.717) is 119 Å². The molecule has 2 saturated carbocycles. The average Bonchev–Trinajstić information content (AvgIpc) is 1.55. The lowest BCUT2D eigenvalue weighted by Gasteiger charge is -2.49. The van der Waals surface area contributed by atoms with Gasteiger partial charge in [0.2, 0.25) is 47.7 Å². The number of anilines is 8. The summed E-state index contributed by atoms with van der Waals surface area (Å²) in [6.45, 7) is 21.6. The highest BCUT2D eigenvalue weighted by molar-refractivity contribution is 6.33. The van der Waals surface area contributed by atoms with E-state index in [2.05, 4.69) is 85.1 Å². The number of ether oxygens (including phenoxy) is 4. The van der Waals surface area contributed by atoms with Gasteiger partial charge in [-0.1, -0.05) is 23.2 Å². The molecule has 6 saturated heterocycles. The van der Waals surface area contributed by atoms with E-state index in [1.54, 1.807) is 86.9 Å². The van der Waals surface area contributed by atoms with Crippen molar-refractivity contribution < 1.29 is 66.1 Å². The number of hydrogen-bond acceptors (Lipinski definition) is 26. The first kappa shape index (κ1) is 90.8. The number of halogens is 4. The molecule has 18 rings (SSSR count). The van der Waals surface area contributed by atoms with Crippen LogP contribution in [0.15, 0.2) is 94.8 Å². The molecule has 34 nitrogen and oxygen atoms in total. The number of imide groups is 2. The second kappa shape index (κ2) is 37.0. The number of aromatic nitrogens is 6. The third-order valence-corrected chi connectivity index (χ3v) is 28.7. The van der Waals surface area contributed by atoms with E-state index >= 15 is 8.78 Å². The van der Waals surface area contributed by atoms with Crippen LogP contribution < -0.4 is 72.1 Å². The summed E-state index contributed by atoms with van der Waals surface area (Å²) in [5, 5.41) is 18.0. The van der Waals surface area contributed by atoms with Crippen LogP contribution in [0.25, 0.3) is 21.8 Å². The van der Waals surface area contributed by atoms with Gasteiger partial charge >= 0.3 is 0 Å². The van der Waals surface area contributed by atoms with Crippen LogP contribution in [-0.4, -0.2) is 248 Å². The number of likely N-dealkylation sites (N-methyl/N-ethyl adjacent to an activating group) is 2. The van der Waals surface area contributed by atoms with Gasteiger partial charge < -0.3 is 78.7 Å². The Kier molecular flexibility index (Phi) is 25.5. The minimum atomic E-state index is -1.86. The van der Waals surface area contributed by atoms with Gasteiger partial charge in [-0.2, -0.15) is 9.97 Å². The summed E-state index contributed by atoms with van der Waals surface area (Å²) >= 11 is 13.7. The van der Waals surface area contributed by atoms with Crippen LogP contribution in [0.5, 0.6) is 11.5 Å². The van der Waals surface area contributed by atoms with Crippen LogP contribution in [0, 0.1) is 11.6 Å². The fraction of sp³-hybridized carbons (Fsp3) is 0.511. The van der Waals surface area contributed by atoms with E-state index < -0.39 is 107 Å². The molecule has 38 heteroatoms. The Balaban J connectivity index is 0.481. The molecule has 8 aromatic rings. The van der Waals surface area contributed by atoms with Crippen LogP contribution >= 0.6 is 23.2 Å². The van der Waals surface area contributed by atoms with Crippen molar-refractivity contribution in [1.29, 1.82) is 0 Å². The smallest absolute Gasteiger partial charge is 0.293 e. The van der Waals surface area contributed by atoms with Gasteiger partial charge in [0, 0.05) is 173 Å². The van der Waals surface area contributed by atoms with Crippen molar-refractivity contribution in [2.45, 2.75) is 229 Å². The summed E-state index contributed by atoms with van der Waals surface area (Å²) < 4.78 is 62.7. The predicted molar refractivity (Wildman–Crippen MR) is 492 cm³/mol. The Morgan fingerprint density at radius 1 is 0.492 bits per heavy atom. The molecule has 6 N–H and O–H groups in total. The summed E-state index contributed by atoms with van der Waals surface area (Å²) in [6.07, 6.45) is 6.75. The number of nitrogens with zero attached hydrogens (tertiary/aromatic N) is 14. The fourth-order valence-electron chi connectivity index (χ4n) is 21.1. The van der Waals surface area contributed by atoms with E-state index in [4.69, 9.17) is 52.1 Å². The number of carbonyl (C=O) groups is 8. The second-order valence-electron chi connectivity index (χ2n) is 37.0. The molecule has 4 aromatic carbocycles. The Labute approximate surface area is 771 Å². The molecule has 8 amide bonds. The van der Waals surface area contributed by atoms with Crippen molar-refractivity contribution >= 4 is 139 Å². The molecule has 4 aromatic heterocycles. The number of fused-ring (bicyclic) bond motifs is 4. The van der Waals surface area contributed by atoms with Crippen LogP contribution in [0.4, 0.5) is 55.1 Å². The van der Waals surface area contributed by atoms with Gasteiger partial charge in [-0.3, -0.25) is 68.4 Å². The molecule has 0 bridgehead atoms. The molecule has 8 atom stereocenters. The topological polar surface area (TPSA) is 367 Å². The largest absolute Gasteiger partial charge is 0.470 e. The number of pyridine rings is 2. The molecular weight excluding hydrogens is 1740 g/mol. The quantitative estimate of drug-likeness (QED) is 0.0290. The molecule has 132 heavy (non-hydrogen) atoms. The second-order valence-corrected chi connectivity index (χ2v) is 37.8. The van der Waals surface area contributed by atoms with Crippen LogP contribution in [0.2, 0.25) is 10.0 Å². The van der Waals surface area contributed by atoms with Gasteiger partial charge in [0.15, 0.2) is 34.8 Å². The summed E-state index contributed by atoms with van der Waals surface area (Å²) in [5.74, 6) is -4.25. The summed E-state index contributed by atoms with van der Waals surface area (Å²) in [4.78, 5) is 170. The third kappa shape index (κ3) is 17.3. The number of benzene rings is 4. The van der Waals surface area contributed by atoms with Gasteiger partial charge in [-0.15, -0.1) is 0 Å². The van der Waals surface area contributed by atoms with E-state index in [1.165, 1.54) is 45.2 Å². The van der Waals surface area contributed by atoms with Gasteiger partial charge in [0.25, 0.3) is 34.7 Å². The Bertz CT molecular complexity index is 5700. The van der Waals surface area contributed by atoms with Gasteiger partial charge in [0.05, 0.1) is 71.3 Å². The number of carbonyl (C=O) groups excluding carboxylic acids is 8. The SMILES string of the molecule is CNC(=O)C(Oc1cc2cc(Nc3nc(N4CCC(O[C@H]5C[C@H](N6CCN(c7ccc8c(c7F)C(C)N([C@H]7CCC(=O)NC7=O)C8=O)[C@H](C)C6)C5)CC4)ncc3Cl)ccc2n(C(C)C)c1=O)C(Oc1cc2cc(Nc3nc(N4CCC(O[C@H]5C[C@H](N6CCN(c7ccc8c(c7F)[C@H](C)N([C@@H]7CCC(=O)NC7=O)C8=O)[C@H](C)C6)C5)CC4)ncc3Cl)ccc2n(C(C)C)c1=O)C(=O)NC. The third-order valence-electron chi connectivity index (χ3n) is 28.2. The van der Waals surface area contributed by atoms with Gasteiger partial charge in [0.1, 0.15) is 22.1 Å². The zero-order valence-electron chi connectivity index (χ0n) is 75.4. The normalized spacial score (nSPS) is 24.5. The zero-order chi connectivity index (χ0) is 92.8. The molecule has 8 fully saturated rings. The lowest BCUT2D eigenvalue weighted by molar-refractivity contribution is -0.142. The minimum Gasteiger partial charge on any atom is -0.470 e. The van der Waals surface area contributed by atoms with Crippen LogP contribution in [0.1, 0.15) is 188 Å². The molecule has 8 aliphatic heterocycles. The molecular formula is C94H110Cl2F2N20O14. The number of piperazine rings is 2. The van der Waals surface area contributed by atoms with Gasteiger partial charge in [-0.25, -0.2) is 18.7 Å². The molecule has 0 spiro atoms. The maximum absolute atomic E-state index is 16.6. The molecule has 2 aliphatic carbocycles. The van der Waals surface area contributed by atoms with Crippen LogP contribution in [0.3, 0.4) is 0 Å². The summed E-state index contributed by atoms with van der Waals surface area (Å²) in [7, 11) is 2.70. The Hall–Kier alpha value is -11.7. The molecule has 0 radical (unpaired) electrons. The maximum Gasteiger partial charge on any atom is 0.293 e. The number of piperidine rings is 4. The van der Waals surface area contributed by atoms with E-state index in [0.717, 1.165) is 77.5 Å². The summed E-state index contributed by atoms with van der Waals surface area (Å²) in [6, 6.07) is 17.0. The van der Waals surface area contributed by atoms with Crippen molar-refractivity contribution in [2.24, 2.45) is 0 Å². The summed E-state index contributed by atoms with van der Waals surface area (Å²) in [5.41, 5.74) is 2.82.